The molecule has 0 N–H and O–H groups in total. The molecule has 1 atom stereocenters. The third kappa shape index (κ3) is 4.88. The number of likely N-dealkylation sites (tertiary alicyclic amines) is 1. The summed E-state index contributed by atoms with van der Waals surface area (Å²) in [6, 6.07) is 15.0. The summed E-state index contributed by atoms with van der Waals surface area (Å²) in [5.41, 5.74) is 1.39. The summed E-state index contributed by atoms with van der Waals surface area (Å²) in [6.07, 6.45) is 3.10. The fraction of sp³-hybridized carbons (Fsp3) is 0.292. The molecule has 2 aliphatic rings. The summed E-state index contributed by atoms with van der Waals surface area (Å²) in [6.45, 7) is 0.886. The van der Waals surface area contributed by atoms with Crippen LogP contribution >= 0.6 is 0 Å². The van der Waals surface area contributed by atoms with Gasteiger partial charge in [0.15, 0.2) is 5.78 Å². The zero-order valence-electron chi connectivity index (χ0n) is 16.8. The minimum atomic E-state index is -1.58. The molecule has 2 aromatic rings. The van der Waals surface area contributed by atoms with Crippen molar-refractivity contribution in [2.45, 2.75) is 31.7 Å². The first-order valence-corrected chi connectivity index (χ1v) is 10.2. The second-order valence-corrected chi connectivity index (χ2v) is 7.79. The van der Waals surface area contributed by atoms with Gasteiger partial charge in [-0.2, -0.15) is 0 Å². The van der Waals surface area contributed by atoms with Crippen LogP contribution < -0.4 is 0 Å². The number of carbonyl (C=O) groups excluding carboxylic acids is 3. The van der Waals surface area contributed by atoms with E-state index >= 15 is 0 Å². The molecule has 2 aromatic carbocycles. The van der Waals surface area contributed by atoms with Crippen molar-refractivity contribution >= 4 is 17.7 Å². The van der Waals surface area contributed by atoms with E-state index in [1.807, 2.05) is 35.2 Å². The molecule has 0 aromatic heterocycles. The van der Waals surface area contributed by atoms with Gasteiger partial charge in [0, 0.05) is 43.6 Å². The third-order valence-corrected chi connectivity index (χ3v) is 5.57. The molecule has 0 radical (unpaired) electrons. The highest BCUT2D eigenvalue weighted by Gasteiger charge is 2.50. The van der Waals surface area contributed by atoms with E-state index in [1.54, 1.807) is 0 Å². The first-order chi connectivity index (χ1) is 14.9. The Bertz CT molecular complexity index is 982. The minimum absolute atomic E-state index is 0.138. The molecule has 0 aliphatic carbocycles. The molecule has 1 fully saturated rings. The van der Waals surface area contributed by atoms with Crippen LogP contribution in [0.1, 0.15) is 35.2 Å². The van der Waals surface area contributed by atoms with Crippen LogP contribution in [0.5, 0.6) is 0 Å². The van der Waals surface area contributed by atoms with Crippen molar-refractivity contribution in [2.24, 2.45) is 5.92 Å². The lowest BCUT2D eigenvalue weighted by molar-refractivity contribution is -0.302. The van der Waals surface area contributed by atoms with E-state index in [4.69, 9.17) is 9.47 Å². The number of hydrogen-bond donors (Lipinski definition) is 0. The Hall–Kier alpha value is -3.32. The fourth-order valence-corrected chi connectivity index (χ4v) is 4.05. The van der Waals surface area contributed by atoms with Crippen molar-refractivity contribution in [2.75, 3.05) is 6.54 Å². The number of Topliss-reactive ketones (excluding diaryl/α,β-unsaturated/α-hetero) is 1. The van der Waals surface area contributed by atoms with Crippen molar-refractivity contribution in [1.82, 2.24) is 4.90 Å². The number of halogens is 1. The van der Waals surface area contributed by atoms with Gasteiger partial charge in [-0.15, -0.1) is 0 Å². The van der Waals surface area contributed by atoms with Crippen LogP contribution in [0.15, 0.2) is 66.7 Å². The first-order valence-electron chi connectivity index (χ1n) is 10.2. The Labute approximate surface area is 179 Å². The van der Waals surface area contributed by atoms with Crippen LogP contribution in [-0.4, -0.2) is 35.1 Å². The molecular formula is C24H22FNO5. The maximum atomic E-state index is 13.2. The quantitative estimate of drug-likeness (QED) is 0.540. The fourth-order valence-electron chi connectivity index (χ4n) is 4.05. The lowest BCUT2D eigenvalue weighted by Gasteiger charge is -2.46. The van der Waals surface area contributed by atoms with Crippen LogP contribution in [0.4, 0.5) is 4.39 Å². The second kappa shape index (κ2) is 8.81. The summed E-state index contributed by atoms with van der Waals surface area (Å²) in [5.74, 6) is -3.65. The Morgan fingerprint density at radius 2 is 1.65 bits per heavy atom. The van der Waals surface area contributed by atoms with Crippen LogP contribution in [0.25, 0.3) is 0 Å². The predicted molar refractivity (Wildman–Crippen MR) is 109 cm³/mol. The summed E-state index contributed by atoms with van der Waals surface area (Å²) >= 11 is 0. The number of carbonyl (C=O) groups is 3. The molecular weight excluding hydrogens is 401 g/mol. The predicted octanol–water partition coefficient (Wildman–Crippen LogP) is 3.62. The van der Waals surface area contributed by atoms with Gasteiger partial charge in [-0.25, -0.2) is 18.9 Å². The van der Waals surface area contributed by atoms with Crippen molar-refractivity contribution in [3.8, 4) is 0 Å². The van der Waals surface area contributed by atoms with Crippen molar-refractivity contribution in [3.63, 3.8) is 0 Å². The number of piperidine rings is 1. The van der Waals surface area contributed by atoms with Gasteiger partial charge in [-0.05, 0) is 42.2 Å². The Kier molecular flexibility index (Phi) is 5.95. The van der Waals surface area contributed by atoms with Crippen molar-refractivity contribution in [1.29, 1.82) is 0 Å². The van der Waals surface area contributed by atoms with Gasteiger partial charge in [-0.3, -0.25) is 4.79 Å². The van der Waals surface area contributed by atoms with Gasteiger partial charge < -0.3 is 9.47 Å². The summed E-state index contributed by atoms with van der Waals surface area (Å²) in [7, 11) is 0. The summed E-state index contributed by atoms with van der Waals surface area (Å²) in [4.78, 5) is 38.9. The average Bonchev–Trinajstić information content (AvgIpc) is 2.89. The molecule has 0 saturated carbocycles. The van der Waals surface area contributed by atoms with E-state index < -0.39 is 23.7 Å². The Morgan fingerprint density at radius 3 is 2.29 bits per heavy atom. The molecule has 1 spiro atoms. The minimum Gasteiger partial charge on any atom is -0.405 e. The number of ketones is 1. The number of hydrogen-bond acceptors (Lipinski definition) is 6. The number of benzene rings is 2. The van der Waals surface area contributed by atoms with Gasteiger partial charge >= 0.3 is 17.8 Å². The molecule has 2 aliphatic heterocycles. The molecule has 1 unspecified atom stereocenters. The number of rotatable bonds is 5. The summed E-state index contributed by atoms with van der Waals surface area (Å²) in [5, 5.41) is 0. The highest BCUT2D eigenvalue weighted by molar-refractivity contribution is 5.96. The molecule has 0 bridgehead atoms. The number of nitrogens with zero attached hydrogens (tertiary/aromatic N) is 1. The Balaban J connectivity index is 1.56. The standard InChI is InChI=1S/C24H22FNO5/c25-20-8-6-19(7-9-20)21(27)14-18-12-13-26(16-17-4-2-1-3-5-17)24(15-18)30-22(28)10-11-23(29)31-24/h1-11,18H,12-16H2. The zero-order valence-corrected chi connectivity index (χ0v) is 16.8. The molecule has 1 saturated heterocycles. The molecule has 6 nitrogen and oxygen atoms in total. The van der Waals surface area contributed by atoms with E-state index in [9.17, 15) is 18.8 Å². The topological polar surface area (TPSA) is 72.9 Å². The molecule has 0 amide bonds. The number of ether oxygens (including phenoxy) is 2. The normalized spacial score (nSPS) is 20.7. The van der Waals surface area contributed by atoms with Crippen molar-refractivity contribution < 1.29 is 28.2 Å². The Morgan fingerprint density at radius 1 is 1.00 bits per heavy atom. The van der Waals surface area contributed by atoms with E-state index in [0.29, 0.717) is 25.1 Å². The molecule has 160 valence electrons. The van der Waals surface area contributed by atoms with E-state index in [0.717, 1.165) is 17.7 Å². The lowest BCUT2D eigenvalue weighted by Crippen LogP contribution is -2.58. The van der Waals surface area contributed by atoms with Gasteiger partial charge in [0.05, 0.1) is 0 Å². The van der Waals surface area contributed by atoms with Gasteiger partial charge in [-0.1, -0.05) is 30.3 Å². The van der Waals surface area contributed by atoms with Gasteiger partial charge in [0.25, 0.3) is 0 Å². The third-order valence-electron chi connectivity index (χ3n) is 5.57. The average molecular weight is 423 g/mol. The lowest BCUT2D eigenvalue weighted by atomic mass is 9.87. The van der Waals surface area contributed by atoms with Crippen LogP contribution in [-0.2, 0) is 25.6 Å². The maximum absolute atomic E-state index is 13.2. The molecule has 4 rings (SSSR count). The van der Waals surface area contributed by atoms with Gasteiger partial charge in [0.1, 0.15) is 5.82 Å². The summed E-state index contributed by atoms with van der Waals surface area (Å²) < 4.78 is 24.4. The van der Waals surface area contributed by atoms with E-state index in [-0.39, 0.29) is 24.5 Å². The smallest absolute Gasteiger partial charge is 0.335 e. The van der Waals surface area contributed by atoms with Crippen LogP contribution in [0, 0.1) is 11.7 Å². The molecule has 2 heterocycles. The monoisotopic (exact) mass is 423 g/mol. The van der Waals surface area contributed by atoms with Crippen molar-refractivity contribution in [3.05, 3.63) is 83.7 Å². The maximum Gasteiger partial charge on any atom is 0.335 e. The van der Waals surface area contributed by atoms with Gasteiger partial charge in [0.2, 0.25) is 0 Å². The van der Waals surface area contributed by atoms with Crippen LogP contribution in [0.3, 0.4) is 0 Å². The molecule has 31 heavy (non-hydrogen) atoms. The van der Waals surface area contributed by atoms with E-state index in [2.05, 4.69) is 0 Å². The largest absolute Gasteiger partial charge is 0.405 e. The number of esters is 2. The first kappa shape index (κ1) is 20.9. The van der Waals surface area contributed by atoms with E-state index in [1.165, 1.54) is 24.3 Å². The second-order valence-electron chi connectivity index (χ2n) is 7.79. The zero-order chi connectivity index (χ0) is 21.8. The molecule has 7 heteroatoms. The highest BCUT2D eigenvalue weighted by Crippen LogP contribution is 2.38. The van der Waals surface area contributed by atoms with Crippen LogP contribution in [0.2, 0.25) is 0 Å². The SMILES string of the molecule is O=C1C=CC(=O)OC2(CC(CC(=O)c3ccc(F)cc3)CCN2Cc2ccccc2)O1. The highest BCUT2D eigenvalue weighted by atomic mass is 19.1.